The van der Waals surface area contributed by atoms with Gasteiger partial charge in [-0.2, -0.15) is 0 Å². The van der Waals surface area contributed by atoms with Crippen LogP contribution in [0.1, 0.15) is 64.0 Å². The van der Waals surface area contributed by atoms with E-state index in [2.05, 4.69) is 23.4 Å². The van der Waals surface area contributed by atoms with Gasteiger partial charge >= 0.3 is 0 Å². The number of piperidine rings is 1. The third-order valence-electron chi connectivity index (χ3n) is 5.64. The quantitative estimate of drug-likeness (QED) is 0.362. The minimum absolute atomic E-state index is 0.212. The molecule has 1 aromatic heterocycles. The van der Waals surface area contributed by atoms with Gasteiger partial charge in [0.05, 0.1) is 24.4 Å². The molecular weight excluding hydrogens is 360 g/mol. The van der Waals surface area contributed by atoms with Crippen LogP contribution in [-0.2, 0) is 13.0 Å². The van der Waals surface area contributed by atoms with Gasteiger partial charge in [-0.15, -0.1) is 5.10 Å². The van der Waals surface area contributed by atoms with E-state index in [0.717, 1.165) is 57.3 Å². The first-order chi connectivity index (χ1) is 13.6. The van der Waals surface area contributed by atoms with Gasteiger partial charge in [0.25, 0.3) is 0 Å². The van der Waals surface area contributed by atoms with Crippen molar-refractivity contribution in [2.24, 2.45) is 0 Å². The van der Waals surface area contributed by atoms with E-state index in [0.29, 0.717) is 6.54 Å². The predicted octanol–water partition coefficient (Wildman–Crippen LogP) is 0.720. The molecule has 1 saturated heterocycles. The number of aromatic nitrogens is 3. The van der Waals surface area contributed by atoms with Crippen LogP contribution in [0.25, 0.3) is 0 Å². The summed E-state index contributed by atoms with van der Waals surface area (Å²) in [5.41, 5.74) is 1.08. The standard InChI is InChI=1S/C20H38N4O4/c1-2-10-16-13-24(22-21-16)12-9-7-5-3-4-6-8-11-23-14-18(26)20(28)19(27)17(23)15-25/h13,17-20,25-28H,2-12,14-15H2,1H3/t17-,18+,19-,20-/m1/s1. The zero-order valence-corrected chi connectivity index (χ0v) is 17.2. The fourth-order valence-corrected chi connectivity index (χ4v) is 3.93. The lowest BCUT2D eigenvalue weighted by Crippen LogP contribution is -2.62. The van der Waals surface area contributed by atoms with E-state index in [4.69, 9.17) is 0 Å². The van der Waals surface area contributed by atoms with Crippen molar-refractivity contribution in [1.29, 1.82) is 0 Å². The molecule has 0 aromatic carbocycles. The van der Waals surface area contributed by atoms with Crippen molar-refractivity contribution in [3.05, 3.63) is 11.9 Å². The van der Waals surface area contributed by atoms with Gasteiger partial charge in [-0.1, -0.05) is 50.7 Å². The molecule has 8 heteroatoms. The fourth-order valence-electron chi connectivity index (χ4n) is 3.93. The largest absolute Gasteiger partial charge is 0.395 e. The van der Waals surface area contributed by atoms with Crippen LogP contribution in [0, 0.1) is 0 Å². The van der Waals surface area contributed by atoms with E-state index in [1.54, 1.807) is 0 Å². The molecule has 28 heavy (non-hydrogen) atoms. The zero-order valence-electron chi connectivity index (χ0n) is 17.2. The number of hydrogen-bond donors (Lipinski definition) is 4. The maximum Gasteiger partial charge on any atom is 0.109 e. The maximum absolute atomic E-state index is 9.99. The molecule has 1 aliphatic rings. The number of likely N-dealkylation sites (tertiary alicyclic amines) is 1. The van der Waals surface area contributed by atoms with Crippen LogP contribution in [0.5, 0.6) is 0 Å². The molecule has 0 radical (unpaired) electrons. The van der Waals surface area contributed by atoms with Gasteiger partial charge in [0, 0.05) is 19.3 Å². The van der Waals surface area contributed by atoms with E-state index in [-0.39, 0.29) is 6.61 Å². The molecule has 0 spiro atoms. The lowest BCUT2D eigenvalue weighted by molar-refractivity contribution is -0.145. The second kappa shape index (κ2) is 12.5. The highest BCUT2D eigenvalue weighted by atomic mass is 16.4. The molecule has 162 valence electrons. The number of aliphatic hydroxyl groups is 4. The van der Waals surface area contributed by atoms with Crippen LogP contribution in [0.4, 0.5) is 0 Å². The highest BCUT2D eigenvalue weighted by Gasteiger charge is 2.40. The molecule has 0 bridgehead atoms. The first kappa shape index (κ1) is 23.2. The van der Waals surface area contributed by atoms with Crippen molar-refractivity contribution in [1.82, 2.24) is 19.9 Å². The Bertz CT molecular complexity index is 542. The Hall–Kier alpha value is -1.06. The van der Waals surface area contributed by atoms with Gasteiger partial charge in [-0.05, 0) is 25.8 Å². The topological polar surface area (TPSA) is 115 Å². The Morgan fingerprint density at radius 3 is 2.25 bits per heavy atom. The summed E-state index contributed by atoms with van der Waals surface area (Å²) in [6.45, 7) is 3.89. The summed E-state index contributed by atoms with van der Waals surface area (Å²) in [7, 11) is 0. The summed E-state index contributed by atoms with van der Waals surface area (Å²) < 4.78 is 1.95. The minimum atomic E-state index is -1.18. The number of unbranched alkanes of at least 4 members (excludes halogenated alkanes) is 6. The average Bonchev–Trinajstić information content (AvgIpc) is 3.12. The normalized spacial score (nSPS) is 26.0. The second-order valence-corrected chi connectivity index (χ2v) is 7.99. The van der Waals surface area contributed by atoms with Gasteiger partial charge in [0.2, 0.25) is 0 Å². The Balaban J connectivity index is 1.50. The second-order valence-electron chi connectivity index (χ2n) is 7.99. The number of hydrogen-bond acceptors (Lipinski definition) is 7. The molecule has 1 aromatic rings. The molecule has 4 N–H and O–H groups in total. The summed E-state index contributed by atoms with van der Waals surface area (Å²) in [6.07, 6.45) is 8.85. The average molecular weight is 399 g/mol. The monoisotopic (exact) mass is 398 g/mol. The minimum Gasteiger partial charge on any atom is -0.395 e. The van der Waals surface area contributed by atoms with E-state index in [1.807, 2.05) is 9.58 Å². The van der Waals surface area contributed by atoms with Crippen molar-refractivity contribution in [2.75, 3.05) is 19.7 Å². The SMILES string of the molecule is CCCc1cn(CCCCCCCCCN2C[C@H](O)[C@@H](O)[C@H](O)[C@H]2CO)nn1. The van der Waals surface area contributed by atoms with Crippen LogP contribution >= 0.6 is 0 Å². The maximum atomic E-state index is 9.99. The van der Waals surface area contributed by atoms with E-state index in [1.165, 1.54) is 19.3 Å². The Morgan fingerprint density at radius 2 is 1.61 bits per heavy atom. The summed E-state index contributed by atoms with van der Waals surface area (Å²) in [5.74, 6) is 0. The van der Waals surface area contributed by atoms with Crippen molar-refractivity contribution in [3.63, 3.8) is 0 Å². The summed E-state index contributed by atoms with van der Waals surface area (Å²) in [5, 5.41) is 47.3. The number of aliphatic hydroxyl groups excluding tert-OH is 4. The molecule has 8 nitrogen and oxygen atoms in total. The number of aryl methyl sites for hydroxylation is 2. The van der Waals surface area contributed by atoms with Crippen molar-refractivity contribution < 1.29 is 20.4 Å². The van der Waals surface area contributed by atoms with E-state index in [9.17, 15) is 20.4 Å². The van der Waals surface area contributed by atoms with Crippen LogP contribution in [-0.4, -0.2) is 84.4 Å². The van der Waals surface area contributed by atoms with Crippen molar-refractivity contribution >= 4 is 0 Å². The van der Waals surface area contributed by atoms with Crippen molar-refractivity contribution in [3.8, 4) is 0 Å². The molecule has 2 heterocycles. The predicted molar refractivity (Wildman–Crippen MR) is 107 cm³/mol. The van der Waals surface area contributed by atoms with Gasteiger partial charge in [-0.3, -0.25) is 9.58 Å². The highest BCUT2D eigenvalue weighted by molar-refractivity contribution is 4.94. The molecule has 0 saturated carbocycles. The molecule has 1 fully saturated rings. The van der Waals surface area contributed by atoms with Gasteiger partial charge < -0.3 is 20.4 Å². The fraction of sp³-hybridized carbons (Fsp3) is 0.900. The number of nitrogens with zero attached hydrogens (tertiary/aromatic N) is 4. The Morgan fingerprint density at radius 1 is 0.964 bits per heavy atom. The molecular formula is C20H38N4O4. The van der Waals surface area contributed by atoms with Gasteiger partial charge in [0.15, 0.2) is 0 Å². The van der Waals surface area contributed by atoms with E-state index < -0.39 is 24.4 Å². The molecule has 1 aliphatic heterocycles. The third-order valence-corrected chi connectivity index (χ3v) is 5.64. The third kappa shape index (κ3) is 7.08. The van der Waals surface area contributed by atoms with Crippen molar-refractivity contribution in [2.45, 2.75) is 95.6 Å². The highest BCUT2D eigenvalue weighted by Crippen LogP contribution is 2.20. The lowest BCUT2D eigenvalue weighted by Gasteiger charge is -2.43. The zero-order chi connectivity index (χ0) is 20.4. The van der Waals surface area contributed by atoms with Gasteiger partial charge in [-0.25, -0.2) is 0 Å². The number of β-amino-alcohol motifs (C(OH)–C–C–N with tert-alkyl or cyclic N) is 1. The summed E-state index contributed by atoms with van der Waals surface area (Å²) in [6, 6.07) is -0.493. The Kier molecular flexibility index (Phi) is 10.4. The van der Waals surface area contributed by atoms with Crippen LogP contribution < -0.4 is 0 Å². The van der Waals surface area contributed by atoms with Crippen LogP contribution in [0.2, 0.25) is 0 Å². The lowest BCUT2D eigenvalue weighted by atomic mass is 9.94. The first-order valence-corrected chi connectivity index (χ1v) is 10.8. The van der Waals surface area contributed by atoms with Crippen LogP contribution in [0.3, 0.4) is 0 Å². The first-order valence-electron chi connectivity index (χ1n) is 10.8. The summed E-state index contributed by atoms with van der Waals surface area (Å²) >= 11 is 0. The molecule has 4 atom stereocenters. The molecule has 0 amide bonds. The van der Waals surface area contributed by atoms with Crippen LogP contribution in [0.15, 0.2) is 6.20 Å². The molecule has 0 aliphatic carbocycles. The van der Waals surface area contributed by atoms with E-state index >= 15 is 0 Å². The summed E-state index contributed by atoms with van der Waals surface area (Å²) in [4.78, 5) is 1.90. The Labute approximate surface area is 168 Å². The number of rotatable bonds is 13. The smallest absolute Gasteiger partial charge is 0.109 e. The molecule has 0 unspecified atom stereocenters. The molecule has 2 rings (SSSR count). The van der Waals surface area contributed by atoms with Gasteiger partial charge in [0.1, 0.15) is 12.2 Å².